The van der Waals surface area contributed by atoms with Crippen LogP contribution in [0.4, 0.5) is 0 Å². The summed E-state index contributed by atoms with van der Waals surface area (Å²) < 4.78 is 4.61. The van der Waals surface area contributed by atoms with Crippen LogP contribution < -0.4 is 0 Å². The molecule has 1 aromatic heterocycles. The van der Waals surface area contributed by atoms with E-state index >= 15 is 0 Å². The van der Waals surface area contributed by atoms with Gasteiger partial charge in [-0.2, -0.15) is 0 Å². The number of nitrogens with zero attached hydrogens (tertiary/aromatic N) is 1. The molecule has 0 saturated carbocycles. The highest BCUT2D eigenvalue weighted by Gasteiger charge is 2.05. The van der Waals surface area contributed by atoms with E-state index < -0.39 is 0 Å². The monoisotopic (exact) mass is 259 g/mol. The second kappa shape index (κ2) is 6.12. The lowest BCUT2D eigenvalue weighted by molar-refractivity contribution is -0.139. The summed E-state index contributed by atoms with van der Waals surface area (Å²) in [6.45, 7) is 0. The van der Waals surface area contributed by atoms with Crippen LogP contribution in [0.3, 0.4) is 0 Å². The van der Waals surface area contributed by atoms with Crippen LogP contribution in [0.5, 0.6) is 0 Å². The fourth-order valence-electron chi connectivity index (χ4n) is 1.43. The zero-order valence-electron chi connectivity index (χ0n) is 10.00. The average molecular weight is 259 g/mol. The molecule has 0 atom stereocenters. The molecule has 0 spiro atoms. The minimum Gasteiger partial charge on any atom is -0.469 e. The highest BCUT2D eigenvalue weighted by atomic mass is 32.1. The fourth-order valence-corrected chi connectivity index (χ4v) is 2.23. The molecular formula is C14H13NO2S. The number of esters is 1. The van der Waals surface area contributed by atoms with Crippen LogP contribution >= 0.6 is 11.3 Å². The molecule has 0 saturated heterocycles. The van der Waals surface area contributed by atoms with Gasteiger partial charge in [-0.25, -0.2) is 4.98 Å². The maximum Gasteiger partial charge on any atom is 0.310 e. The van der Waals surface area contributed by atoms with Gasteiger partial charge in [-0.3, -0.25) is 4.79 Å². The zero-order valence-corrected chi connectivity index (χ0v) is 10.8. The minimum atomic E-state index is -0.239. The van der Waals surface area contributed by atoms with E-state index in [1.165, 1.54) is 18.4 Å². The van der Waals surface area contributed by atoms with Gasteiger partial charge >= 0.3 is 5.97 Å². The first kappa shape index (κ1) is 12.5. The third-order valence-electron chi connectivity index (χ3n) is 2.34. The molecular weight excluding hydrogens is 246 g/mol. The first-order valence-electron chi connectivity index (χ1n) is 5.52. The number of hydrogen-bond donors (Lipinski definition) is 0. The molecule has 0 unspecified atom stereocenters. The predicted molar refractivity (Wildman–Crippen MR) is 73.2 cm³/mol. The van der Waals surface area contributed by atoms with Crippen molar-refractivity contribution in [1.82, 2.24) is 4.98 Å². The van der Waals surface area contributed by atoms with E-state index in [0.29, 0.717) is 0 Å². The largest absolute Gasteiger partial charge is 0.469 e. The molecule has 92 valence electrons. The molecule has 0 aliphatic carbocycles. The normalized spacial score (nSPS) is 10.7. The van der Waals surface area contributed by atoms with E-state index in [4.69, 9.17) is 0 Å². The van der Waals surface area contributed by atoms with Gasteiger partial charge in [0.25, 0.3) is 0 Å². The summed E-state index contributed by atoms with van der Waals surface area (Å²) in [6.07, 6.45) is 5.95. The number of thiazole rings is 1. The number of carbonyl (C=O) groups is 1. The molecule has 0 amide bonds. The Morgan fingerprint density at radius 2 is 2.11 bits per heavy atom. The van der Waals surface area contributed by atoms with Gasteiger partial charge in [0.05, 0.1) is 13.5 Å². The molecule has 18 heavy (non-hydrogen) atoms. The lowest BCUT2D eigenvalue weighted by Crippen LogP contribution is -2.02. The summed E-state index contributed by atoms with van der Waals surface area (Å²) >= 11 is 1.50. The Bertz CT molecular complexity index is 546. The Balaban J connectivity index is 2.03. The summed E-state index contributed by atoms with van der Waals surface area (Å²) in [5.41, 5.74) is 1.13. The minimum absolute atomic E-state index is 0.239. The van der Waals surface area contributed by atoms with Gasteiger partial charge in [-0.15, -0.1) is 11.3 Å². The molecule has 0 aliphatic heterocycles. The van der Waals surface area contributed by atoms with Crippen LogP contribution in [0.2, 0.25) is 0 Å². The third kappa shape index (κ3) is 3.53. The maximum atomic E-state index is 11.1. The number of hydrogen-bond acceptors (Lipinski definition) is 4. The Morgan fingerprint density at radius 1 is 1.33 bits per heavy atom. The van der Waals surface area contributed by atoms with Crippen LogP contribution in [0, 0.1) is 0 Å². The Hall–Kier alpha value is -1.94. The Morgan fingerprint density at radius 3 is 2.83 bits per heavy atom. The molecule has 2 rings (SSSR count). The second-order valence-corrected chi connectivity index (χ2v) is 4.81. The van der Waals surface area contributed by atoms with Gasteiger partial charge in [0.15, 0.2) is 0 Å². The number of aromatic nitrogens is 1. The smallest absolute Gasteiger partial charge is 0.310 e. The number of methoxy groups -OCH3 is 1. The zero-order chi connectivity index (χ0) is 12.8. The highest BCUT2D eigenvalue weighted by Crippen LogP contribution is 2.16. The van der Waals surface area contributed by atoms with Crippen molar-refractivity contribution < 1.29 is 9.53 Å². The summed E-state index contributed by atoms with van der Waals surface area (Å²) in [5.74, 6) is -0.239. The van der Waals surface area contributed by atoms with E-state index in [-0.39, 0.29) is 12.4 Å². The molecule has 0 bridgehead atoms. The van der Waals surface area contributed by atoms with Crippen molar-refractivity contribution in [3.8, 4) is 0 Å². The summed E-state index contributed by atoms with van der Waals surface area (Å²) in [5, 5.41) is 0.887. The molecule has 0 N–H and O–H groups in total. The van der Waals surface area contributed by atoms with E-state index in [2.05, 4.69) is 9.72 Å². The van der Waals surface area contributed by atoms with E-state index in [9.17, 15) is 4.79 Å². The topological polar surface area (TPSA) is 39.2 Å². The molecule has 4 heteroatoms. The summed E-state index contributed by atoms with van der Waals surface area (Å²) in [6, 6.07) is 10.0. The fraction of sp³-hybridized carbons (Fsp3) is 0.143. The second-order valence-electron chi connectivity index (χ2n) is 3.66. The van der Waals surface area contributed by atoms with Gasteiger partial charge < -0.3 is 4.74 Å². The average Bonchev–Trinajstić information content (AvgIpc) is 2.85. The molecule has 0 aliphatic rings. The third-order valence-corrected chi connectivity index (χ3v) is 3.30. The standard InChI is InChI=1S/C14H13NO2S/c1-17-14(16)9-12-10-15-13(18-12)8-7-11-5-3-2-4-6-11/h2-8,10H,9H2,1H3/b8-7+. The molecule has 0 radical (unpaired) electrons. The maximum absolute atomic E-state index is 11.1. The van der Waals surface area contributed by atoms with Gasteiger partial charge in [0.1, 0.15) is 5.01 Å². The number of carbonyl (C=O) groups excluding carboxylic acids is 1. The molecule has 0 fully saturated rings. The van der Waals surface area contributed by atoms with Crippen LogP contribution in [-0.2, 0) is 16.0 Å². The van der Waals surface area contributed by atoms with Crippen molar-refractivity contribution in [2.45, 2.75) is 6.42 Å². The molecule has 1 aromatic carbocycles. The first-order chi connectivity index (χ1) is 8.78. The molecule has 1 heterocycles. The van der Waals surface area contributed by atoms with Gasteiger partial charge in [0, 0.05) is 11.1 Å². The SMILES string of the molecule is COC(=O)Cc1cnc(/C=C/c2ccccc2)s1. The molecule has 3 nitrogen and oxygen atoms in total. The van der Waals surface area contributed by atoms with Gasteiger partial charge in [-0.1, -0.05) is 36.4 Å². The summed E-state index contributed by atoms with van der Waals surface area (Å²) in [7, 11) is 1.39. The van der Waals surface area contributed by atoms with E-state index in [1.54, 1.807) is 6.20 Å². The van der Waals surface area contributed by atoms with Crippen molar-refractivity contribution >= 4 is 29.5 Å². The highest BCUT2D eigenvalue weighted by molar-refractivity contribution is 7.12. The predicted octanol–water partition coefficient (Wildman–Crippen LogP) is 3.03. The van der Waals surface area contributed by atoms with Crippen molar-refractivity contribution in [2.24, 2.45) is 0 Å². The van der Waals surface area contributed by atoms with Gasteiger partial charge in [-0.05, 0) is 11.6 Å². The molecule has 2 aromatic rings. The Labute approximate surface area is 110 Å². The quantitative estimate of drug-likeness (QED) is 0.792. The van der Waals surface area contributed by atoms with Crippen LogP contribution in [0.1, 0.15) is 15.4 Å². The van der Waals surface area contributed by atoms with Crippen LogP contribution in [0.25, 0.3) is 12.2 Å². The lowest BCUT2D eigenvalue weighted by Gasteiger charge is -1.93. The lowest BCUT2D eigenvalue weighted by atomic mass is 10.2. The number of rotatable bonds is 4. The Kier molecular flexibility index (Phi) is 4.25. The van der Waals surface area contributed by atoms with E-state index in [0.717, 1.165) is 15.4 Å². The van der Waals surface area contributed by atoms with Crippen molar-refractivity contribution in [3.05, 3.63) is 52.0 Å². The number of ether oxygens (including phenoxy) is 1. The number of benzene rings is 1. The van der Waals surface area contributed by atoms with Crippen LogP contribution in [-0.4, -0.2) is 18.1 Å². The van der Waals surface area contributed by atoms with Gasteiger partial charge in [0.2, 0.25) is 0 Å². The first-order valence-corrected chi connectivity index (χ1v) is 6.34. The van der Waals surface area contributed by atoms with Crippen molar-refractivity contribution in [1.29, 1.82) is 0 Å². The van der Waals surface area contributed by atoms with Crippen LogP contribution in [0.15, 0.2) is 36.5 Å². The summed E-state index contributed by atoms with van der Waals surface area (Å²) in [4.78, 5) is 16.3. The van der Waals surface area contributed by atoms with E-state index in [1.807, 2.05) is 42.5 Å². The van der Waals surface area contributed by atoms with Crippen molar-refractivity contribution in [2.75, 3.05) is 7.11 Å². The van der Waals surface area contributed by atoms with Crippen molar-refractivity contribution in [3.63, 3.8) is 0 Å².